The van der Waals surface area contributed by atoms with Crippen LogP contribution >= 0.6 is 24.6 Å². The van der Waals surface area contributed by atoms with Crippen molar-refractivity contribution in [2.24, 2.45) is 0 Å². The molecule has 2 unspecified atom stereocenters. The van der Waals surface area contributed by atoms with Crippen LogP contribution in [0, 0.1) is 4.77 Å². The van der Waals surface area contributed by atoms with E-state index in [1.807, 2.05) is 10.8 Å². The van der Waals surface area contributed by atoms with E-state index in [-0.39, 0.29) is 18.4 Å². The molecule has 1 aliphatic carbocycles. The summed E-state index contributed by atoms with van der Waals surface area (Å²) in [4.78, 5) is 14.3. The van der Waals surface area contributed by atoms with E-state index in [1.54, 1.807) is 7.05 Å². The fourth-order valence-corrected chi connectivity index (χ4v) is 3.49. The van der Waals surface area contributed by atoms with Gasteiger partial charge in [-0.05, 0) is 49.7 Å². The number of imidazole rings is 1. The first-order valence-electron chi connectivity index (χ1n) is 7.38. The number of H-pyrrole nitrogens is 1. The monoisotopic (exact) mass is 353 g/mol. The van der Waals surface area contributed by atoms with Crippen LogP contribution in [0.2, 0.25) is 0 Å². The van der Waals surface area contributed by atoms with E-state index in [2.05, 4.69) is 34.6 Å². The van der Waals surface area contributed by atoms with E-state index < -0.39 is 12.0 Å². The summed E-state index contributed by atoms with van der Waals surface area (Å²) >= 11 is 5.39. The second-order valence-electron chi connectivity index (χ2n) is 5.65. The number of nitrogens with zero attached hydrogens (tertiary/aromatic N) is 1. The first-order chi connectivity index (χ1) is 10.6. The second kappa shape index (κ2) is 7.29. The number of halogens is 1. The summed E-state index contributed by atoms with van der Waals surface area (Å²) in [6, 6.07) is 7.98. The molecule has 3 N–H and O–H groups in total. The molecule has 0 radical (unpaired) electrons. The van der Waals surface area contributed by atoms with Crippen molar-refractivity contribution in [3.63, 3.8) is 0 Å². The number of hydrogen-bond donors (Lipinski definition) is 3. The van der Waals surface area contributed by atoms with Crippen LogP contribution in [-0.4, -0.2) is 27.7 Å². The lowest BCUT2D eigenvalue weighted by Gasteiger charge is -2.25. The lowest BCUT2D eigenvalue weighted by molar-refractivity contribution is -0.139. The van der Waals surface area contributed by atoms with Gasteiger partial charge in [-0.1, -0.05) is 24.3 Å². The molecule has 0 spiro atoms. The maximum absolute atomic E-state index is 11.3. The number of benzene rings is 1. The van der Waals surface area contributed by atoms with E-state index in [9.17, 15) is 9.90 Å². The standard InChI is InChI=1S/C16H19N3O2S.ClH/c1-17-14(15(20)21)13-9-19(16(22)18-13)12-7-6-10-4-2-3-5-11(10)8-12;/h2-5,9,12,14,17H,6-8H2,1H3,(H,18,22)(H,20,21);1H. The van der Waals surface area contributed by atoms with E-state index in [0.717, 1.165) is 19.3 Å². The molecule has 3 rings (SSSR count). The van der Waals surface area contributed by atoms with Gasteiger partial charge in [0.1, 0.15) is 6.04 Å². The van der Waals surface area contributed by atoms with Gasteiger partial charge in [0, 0.05) is 12.2 Å². The summed E-state index contributed by atoms with van der Waals surface area (Å²) < 4.78 is 2.59. The number of fused-ring (bicyclic) bond motifs is 1. The van der Waals surface area contributed by atoms with Gasteiger partial charge < -0.3 is 20.0 Å². The van der Waals surface area contributed by atoms with Crippen molar-refractivity contribution >= 4 is 30.6 Å². The highest BCUT2D eigenvalue weighted by Gasteiger charge is 2.24. The maximum atomic E-state index is 11.3. The highest BCUT2D eigenvalue weighted by Crippen LogP contribution is 2.29. The molecule has 0 aliphatic heterocycles. The third-order valence-electron chi connectivity index (χ3n) is 4.32. The van der Waals surface area contributed by atoms with Gasteiger partial charge >= 0.3 is 5.97 Å². The molecule has 0 saturated heterocycles. The fraction of sp³-hybridized carbons (Fsp3) is 0.375. The number of nitrogens with one attached hydrogen (secondary N) is 2. The largest absolute Gasteiger partial charge is 0.480 e. The van der Waals surface area contributed by atoms with Crippen molar-refractivity contribution in [2.75, 3.05) is 7.05 Å². The number of likely N-dealkylation sites (N-methyl/N-ethyl adjacent to an activating group) is 1. The molecule has 1 aliphatic rings. The van der Waals surface area contributed by atoms with E-state index in [0.29, 0.717) is 10.5 Å². The smallest absolute Gasteiger partial charge is 0.326 e. The summed E-state index contributed by atoms with van der Waals surface area (Å²) in [6.45, 7) is 0. The Balaban J connectivity index is 0.00000192. The van der Waals surface area contributed by atoms with Gasteiger partial charge in [0.25, 0.3) is 0 Å². The van der Waals surface area contributed by atoms with Crippen LogP contribution in [0.4, 0.5) is 0 Å². The Morgan fingerprint density at radius 2 is 2.13 bits per heavy atom. The number of carboxylic acids is 1. The van der Waals surface area contributed by atoms with Crippen LogP contribution in [0.1, 0.15) is 35.3 Å². The Bertz CT molecular complexity index is 756. The summed E-state index contributed by atoms with van der Waals surface area (Å²) in [5.41, 5.74) is 3.35. The summed E-state index contributed by atoms with van der Waals surface area (Å²) in [5, 5.41) is 12.0. The summed E-state index contributed by atoms with van der Waals surface area (Å²) in [5.74, 6) is -0.917. The molecule has 1 aromatic heterocycles. The van der Waals surface area contributed by atoms with Gasteiger partial charge in [-0.2, -0.15) is 0 Å². The van der Waals surface area contributed by atoms with Crippen molar-refractivity contribution in [1.82, 2.24) is 14.9 Å². The molecule has 0 saturated carbocycles. The topological polar surface area (TPSA) is 70.0 Å². The molecule has 7 heteroatoms. The van der Waals surface area contributed by atoms with Crippen LogP contribution in [0.5, 0.6) is 0 Å². The molecule has 1 aromatic carbocycles. The maximum Gasteiger partial charge on any atom is 0.326 e. The fourth-order valence-electron chi connectivity index (χ4n) is 3.17. The van der Waals surface area contributed by atoms with Gasteiger partial charge in [-0.3, -0.25) is 4.79 Å². The predicted octanol–water partition coefficient (Wildman–Crippen LogP) is 3.04. The average molecular weight is 354 g/mol. The molecule has 0 fully saturated rings. The molecule has 0 amide bonds. The number of aromatic amines is 1. The lowest BCUT2D eigenvalue weighted by Crippen LogP contribution is -2.25. The molecule has 1 heterocycles. The highest BCUT2D eigenvalue weighted by molar-refractivity contribution is 7.71. The van der Waals surface area contributed by atoms with Crippen molar-refractivity contribution in [3.8, 4) is 0 Å². The van der Waals surface area contributed by atoms with Gasteiger partial charge in [0.05, 0.1) is 5.69 Å². The first-order valence-corrected chi connectivity index (χ1v) is 7.79. The molecule has 2 aromatic rings. The lowest BCUT2D eigenvalue weighted by atomic mass is 9.88. The number of rotatable bonds is 4. The van der Waals surface area contributed by atoms with Crippen LogP contribution in [-0.2, 0) is 17.6 Å². The number of hydrogen-bond acceptors (Lipinski definition) is 3. The van der Waals surface area contributed by atoms with Crippen molar-refractivity contribution in [1.29, 1.82) is 0 Å². The zero-order valence-corrected chi connectivity index (χ0v) is 14.4. The first kappa shape index (κ1) is 17.7. The zero-order valence-electron chi connectivity index (χ0n) is 12.8. The van der Waals surface area contributed by atoms with Crippen LogP contribution in [0.15, 0.2) is 30.5 Å². The highest BCUT2D eigenvalue weighted by atomic mass is 35.5. The van der Waals surface area contributed by atoms with E-state index in [4.69, 9.17) is 12.2 Å². The van der Waals surface area contributed by atoms with Crippen LogP contribution in [0.3, 0.4) is 0 Å². The quantitative estimate of drug-likeness (QED) is 0.739. The Morgan fingerprint density at radius 1 is 1.43 bits per heavy atom. The Hall–Kier alpha value is -1.63. The third kappa shape index (κ3) is 3.49. The Morgan fingerprint density at radius 3 is 2.78 bits per heavy atom. The van der Waals surface area contributed by atoms with Gasteiger partial charge in [0.2, 0.25) is 0 Å². The zero-order chi connectivity index (χ0) is 15.7. The normalized spacial score (nSPS) is 17.9. The number of carbonyl (C=O) groups is 1. The summed E-state index contributed by atoms with van der Waals surface area (Å²) in [7, 11) is 1.63. The van der Waals surface area contributed by atoms with Gasteiger partial charge in [-0.25, -0.2) is 0 Å². The minimum atomic E-state index is -0.917. The Kier molecular flexibility index (Phi) is 5.62. The van der Waals surface area contributed by atoms with Crippen molar-refractivity contribution in [3.05, 3.63) is 52.1 Å². The number of aliphatic carboxylic acids is 1. The SMILES string of the molecule is CNC(C(=O)O)c1cn(C2CCc3ccccc3C2)c(=S)[nH]1.Cl. The molecule has 0 bridgehead atoms. The third-order valence-corrected chi connectivity index (χ3v) is 4.64. The molecular weight excluding hydrogens is 334 g/mol. The van der Waals surface area contributed by atoms with Gasteiger partial charge in [0.15, 0.2) is 4.77 Å². The van der Waals surface area contributed by atoms with Gasteiger partial charge in [-0.15, -0.1) is 12.4 Å². The second-order valence-corrected chi connectivity index (χ2v) is 6.03. The predicted molar refractivity (Wildman–Crippen MR) is 93.8 cm³/mol. The number of aryl methyl sites for hydroxylation is 1. The Labute approximate surface area is 146 Å². The molecule has 23 heavy (non-hydrogen) atoms. The molecular formula is C16H20ClN3O2S. The average Bonchev–Trinajstić information content (AvgIpc) is 2.88. The van der Waals surface area contributed by atoms with Crippen molar-refractivity contribution in [2.45, 2.75) is 31.3 Å². The minimum absolute atomic E-state index is 0. The summed E-state index contributed by atoms with van der Waals surface area (Å²) in [6.07, 6.45) is 4.81. The minimum Gasteiger partial charge on any atom is -0.480 e. The molecule has 124 valence electrons. The van der Waals surface area contributed by atoms with Crippen molar-refractivity contribution < 1.29 is 9.90 Å². The van der Waals surface area contributed by atoms with Crippen LogP contribution < -0.4 is 5.32 Å². The number of carboxylic acid groups (broad SMARTS) is 1. The number of aromatic nitrogens is 2. The van der Waals surface area contributed by atoms with E-state index >= 15 is 0 Å². The van der Waals surface area contributed by atoms with E-state index in [1.165, 1.54) is 11.1 Å². The molecule has 2 atom stereocenters. The molecule has 5 nitrogen and oxygen atoms in total. The van der Waals surface area contributed by atoms with Crippen LogP contribution in [0.25, 0.3) is 0 Å².